The second-order valence-electron chi connectivity index (χ2n) is 8.96. The predicted molar refractivity (Wildman–Crippen MR) is 107 cm³/mol. The van der Waals surface area contributed by atoms with Crippen LogP contribution in [0, 0.1) is 5.92 Å². The summed E-state index contributed by atoms with van der Waals surface area (Å²) in [7, 11) is 0. The lowest BCUT2D eigenvalue weighted by Gasteiger charge is -2.38. The molecule has 4 heterocycles. The number of nitrogens with two attached hydrogens (primary N) is 1. The molecule has 4 atom stereocenters. The van der Waals surface area contributed by atoms with E-state index in [0.717, 1.165) is 36.4 Å². The highest BCUT2D eigenvalue weighted by atomic mass is 16.2. The predicted octanol–water partition coefficient (Wildman–Crippen LogP) is 0.790. The molecule has 8 heteroatoms. The summed E-state index contributed by atoms with van der Waals surface area (Å²) in [6.45, 7) is 1.49. The first-order chi connectivity index (χ1) is 14.5. The Bertz CT molecular complexity index is 931. The number of imide groups is 2. The Labute approximate surface area is 174 Å². The number of amides is 4. The van der Waals surface area contributed by atoms with Gasteiger partial charge < -0.3 is 5.73 Å². The number of hydrogen-bond donors (Lipinski definition) is 2. The second kappa shape index (κ2) is 7.28. The lowest BCUT2D eigenvalue weighted by Crippen LogP contribution is -2.54. The number of piperidine rings is 2. The minimum Gasteiger partial charge on any atom is -0.330 e. The summed E-state index contributed by atoms with van der Waals surface area (Å²) in [5, 5.41) is 2.23. The number of benzene rings is 1. The molecule has 0 aromatic heterocycles. The van der Waals surface area contributed by atoms with Gasteiger partial charge in [0.05, 0.1) is 11.1 Å². The van der Waals surface area contributed by atoms with E-state index in [-0.39, 0.29) is 18.7 Å². The molecule has 4 aliphatic heterocycles. The van der Waals surface area contributed by atoms with Gasteiger partial charge in [0.2, 0.25) is 11.8 Å². The van der Waals surface area contributed by atoms with Crippen LogP contribution in [0.25, 0.3) is 0 Å². The molecule has 5 rings (SSSR count). The zero-order valence-electron chi connectivity index (χ0n) is 16.8. The molecule has 158 valence electrons. The Morgan fingerprint density at radius 2 is 1.67 bits per heavy atom. The summed E-state index contributed by atoms with van der Waals surface area (Å²) < 4.78 is 0. The quantitative estimate of drug-likeness (QED) is 0.710. The third kappa shape index (κ3) is 3.06. The van der Waals surface area contributed by atoms with Gasteiger partial charge in [0.1, 0.15) is 6.04 Å². The number of fused-ring (bicyclic) bond motifs is 3. The van der Waals surface area contributed by atoms with Crippen molar-refractivity contribution in [2.45, 2.75) is 63.2 Å². The molecule has 30 heavy (non-hydrogen) atoms. The van der Waals surface area contributed by atoms with E-state index >= 15 is 0 Å². The first-order valence-corrected chi connectivity index (χ1v) is 10.8. The van der Waals surface area contributed by atoms with Crippen molar-refractivity contribution in [3.63, 3.8) is 0 Å². The van der Waals surface area contributed by atoms with Gasteiger partial charge >= 0.3 is 0 Å². The fraction of sp³-hybridized carbons (Fsp3) is 0.545. The van der Waals surface area contributed by atoms with Gasteiger partial charge in [0.15, 0.2) is 0 Å². The van der Waals surface area contributed by atoms with Crippen molar-refractivity contribution in [2.75, 3.05) is 6.54 Å². The summed E-state index contributed by atoms with van der Waals surface area (Å²) in [4.78, 5) is 53.0. The minimum atomic E-state index is -0.926. The minimum absolute atomic E-state index is 0.122. The fourth-order valence-corrected chi connectivity index (χ4v) is 5.66. The number of carbonyl (C=O) groups excluding carboxylic acids is 4. The molecule has 0 radical (unpaired) electrons. The first-order valence-electron chi connectivity index (χ1n) is 10.8. The molecule has 1 aromatic rings. The van der Waals surface area contributed by atoms with Gasteiger partial charge in [0, 0.05) is 25.0 Å². The summed E-state index contributed by atoms with van der Waals surface area (Å²) >= 11 is 0. The van der Waals surface area contributed by atoms with Crippen molar-refractivity contribution in [1.82, 2.24) is 15.1 Å². The molecule has 2 unspecified atom stereocenters. The summed E-state index contributed by atoms with van der Waals surface area (Å²) in [5.74, 6) is -1.26. The number of nitrogens with one attached hydrogen (secondary N) is 1. The molecule has 0 saturated carbocycles. The van der Waals surface area contributed by atoms with Crippen molar-refractivity contribution < 1.29 is 19.2 Å². The number of rotatable bonds is 4. The molecule has 4 amide bonds. The van der Waals surface area contributed by atoms with E-state index < -0.39 is 23.8 Å². The van der Waals surface area contributed by atoms with E-state index in [4.69, 9.17) is 5.73 Å². The second-order valence-corrected chi connectivity index (χ2v) is 8.96. The van der Waals surface area contributed by atoms with Crippen molar-refractivity contribution >= 4 is 23.6 Å². The molecule has 0 spiro atoms. The highest BCUT2D eigenvalue weighted by Gasteiger charge is 2.45. The lowest BCUT2D eigenvalue weighted by atomic mass is 9.90. The van der Waals surface area contributed by atoms with E-state index in [2.05, 4.69) is 10.2 Å². The fourth-order valence-electron chi connectivity index (χ4n) is 5.66. The van der Waals surface area contributed by atoms with Gasteiger partial charge in [-0.1, -0.05) is 6.07 Å². The van der Waals surface area contributed by atoms with Crippen LogP contribution in [0.15, 0.2) is 18.2 Å². The topological polar surface area (TPSA) is 113 Å². The van der Waals surface area contributed by atoms with Crippen LogP contribution in [0.4, 0.5) is 0 Å². The largest absolute Gasteiger partial charge is 0.330 e. The van der Waals surface area contributed by atoms with Crippen LogP contribution in [0.3, 0.4) is 0 Å². The molecule has 0 aliphatic carbocycles. The van der Waals surface area contributed by atoms with Crippen LogP contribution < -0.4 is 11.1 Å². The van der Waals surface area contributed by atoms with Crippen molar-refractivity contribution in [2.24, 2.45) is 11.7 Å². The molecule has 3 saturated heterocycles. The normalized spacial score (nSPS) is 31.3. The van der Waals surface area contributed by atoms with Crippen LogP contribution in [-0.2, 0) is 16.1 Å². The number of carbonyl (C=O) groups is 4. The molecule has 2 bridgehead atoms. The van der Waals surface area contributed by atoms with Crippen LogP contribution >= 0.6 is 0 Å². The average molecular weight is 410 g/mol. The third-order valence-electron chi connectivity index (χ3n) is 7.18. The molecule has 8 nitrogen and oxygen atoms in total. The van der Waals surface area contributed by atoms with E-state index in [0.29, 0.717) is 29.1 Å². The van der Waals surface area contributed by atoms with Crippen LogP contribution in [-0.4, -0.2) is 58.1 Å². The highest BCUT2D eigenvalue weighted by Crippen LogP contribution is 2.39. The molecular formula is C22H26N4O4. The average Bonchev–Trinajstić information content (AvgIpc) is 3.10. The Morgan fingerprint density at radius 1 is 0.967 bits per heavy atom. The molecular weight excluding hydrogens is 384 g/mol. The van der Waals surface area contributed by atoms with Gasteiger partial charge in [-0.2, -0.15) is 0 Å². The van der Waals surface area contributed by atoms with Crippen LogP contribution in [0.5, 0.6) is 0 Å². The monoisotopic (exact) mass is 410 g/mol. The molecule has 1 aromatic carbocycles. The lowest BCUT2D eigenvalue weighted by molar-refractivity contribution is -0.136. The van der Waals surface area contributed by atoms with Crippen molar-refractivity contribution in [1.29, 1.82) is 0 Å². The van der Waals surface area contributed by atoms with Crippen LogP contribution in [0.1, 0.15) is 64.8 Å². The highest BCUT2D eigenvalue weighted by molar-refractivity contribution is 6.23. The Kier molecular flexibility index (Phi) is 4.71. The van der Waals surface area contributed by atoms with E-state index in [1.54, 1.807) is 12.1 Å². The van der Waals surface area contributed by atoms with Crippen molar-refractivity contribution in [3.05, 3.63) is 34.9 Å². The Morgan fingerprint density at radius 3 is 2.33 bits per heavy atom. The smallest absolute Gasteiger partial charge is 0.262 e. The first kappa shape index (κ1) is 19.4. The summed E-state index contributed by atoms with van der Waals surface area (Å²) in [6.07, 6.45) is 4.91. The standard InChI is InChI=1S/C22H26N4O4/c23-10-13-7-14-2-3-15(8-13)25(14)11-12-1-4-16-17(9-12)22(30)26(21(16)29)18-5-6-19(27)24-20(18)28/h1,4,9,13-15,18H,2-3,5-8,10-11,23H2,(H,24,27,28)/t13?,14-,15+,18?. The molecule has 3 N–H and O–H groups in total. The van der Waals surface area contributed by atoms with Gasteiger partial charge in [-0.15, -0.1) is 0 Å². The maximum absolute atomic E-state index is 13.0. The number of hydrogen-bond acceptors (Lipinski definition) is 6. The maximum Gasteiger partial charge on any atom is 0.262 e. The van der Waals surface area contributed by atoms with E-state index in [9.17, 15) is 19.2 Å². The van der Waals surface area contributed by atoms with Gasteiger partial charge in [0.25, 0.3) is 11.8 Å². The Balaban J connectivity index is 1.35. The Hall–Kier alpha value is -2.58. The van der Waals surface area contributed by atoms with E-state index in [1.807, 2.05) is 6.07 Å². The van der Waals surface area contributed by atoms with Gasteiger partial charge in [-0.05, 0) is 62.3 Å². The summed E-state index contributed by atoms with van der Waals surface area (Å²) in [5.41, 5.74) is 7.58. The zero-order valence-corrected chi connectivity index (χ0v) is 16.8. The van der Waals surface area contributed by atoms with Gasteiger partial charge in [-0.25, -0.2) is 0 Å². The SMILES string of the molecule is NCC1C[C@H]2CC[C@@H](C1)N2Cc1ccc2c(c1)C(=O)N(C1CCC(=O)NC1=O)C2=O. The number of nitrogens with zero attached hydrogens (tertiary/aromatic N) is 2. The van der Waals surface area contributed by atoms with Crippen molar-refractivity contribution in [3.8, 4) is 0 Å². The summed E-state index contributed by atoms with van der Waals surface area (Å²) in [6, 6.07) is 5.55. The maximum atomic E-state index is 13.0. The third-order valence-corrected chi connectivity index (χ3v) is 7.18. The zero-order chi connectivity index (χ0) is 21.0. The van der Waals surface area contributed by atoms with E-state index in [1.165, 1.54) is 12.8 Å². The molecule has 4 aliphatic rings. The van der Waals surface area contributed by atoms with Gasteiger partial charge in [-0.3, -0.25) is 34.3 Å². The van der Waals surface area contributed by atoms with Crippen LogP contribution in [0.2, 0.25) is 0 Å². The molecule has 3 fully saturated rings.